The van der Waals surface area contributed by atoms with E-state index in [1.54, 1.807) is 6.20 Å². The van der Waals surface area contributed by atoms with Gasteiger partial charge in [-0.25, -0.2) is 9.78 Å². The van der Waals surface area contributed by atoms with E-state index in [2.05, 4.69) is 4.98 Å². The van der Waals surface area contributed by atoms with Crippen LogP contribution in [0.5, 0.6) is 0 Å². The first kappa shape index (κ1) is 14.3. The van der Waals surface area contributed by atoms with Crippen LogP contribution in [-0.4, -0.2) is 25.2 Å². The van der Waals surface area contributed by atoms with Crippen molar-refractivity contribution < 1.29 is 0 Å². The van der Waals surface area contributed by atoms with Crippen LogP contribution in [0.25, 0.3) is 0 Å². The molecule has 2 aromatic rings. The van der Waals surface area contributed by atoms with Crippen molar-refractivity contribution >= 4 is 0 Å². The van der Waals surface area contributed by atoms with Gasteiger partial charge in [0.2, 0.25) is 0 Å². The zero-order valence-electron chi connectivity index (χ0n) is 11.5. The summed E-state index contributed by atoms with van der Waals surface area (Å²) in [5.41, 5.74) is 4.85. The largest absolute Gasteiger partial charge is 0.333 e. The van der Waals surface area contributed by atoms with Gasteiger partial charge in [0.05, 0.1) is 0 Å². The number of nitrogens with zero attached hydrogens (tertiary/aromatic N) is 4. The fourth-order valence-electron chi connectivity index (χ4n) is 2.04. The summed E-state index contributed by atoms with van der Waals surface area (Å²) in [7, 11) is 0. The molecule has 0 radical (unpaired) electrons. The van der Waals surface area contributed by atoms with Crippen molar-refractivity contribution in [1.29, 1.82) is 0 Å². The summed E-state index contributed by atoms with van der Waals surface area (Å²) in [5, 5.41) is 0. The highest BCUT2D eigenvalue weighted by molar-refractivity contribution is 4.90. The minimum Gasteiger partial charge on any atom is -0.333 e. The standard InChI is InChI=1S/C13H19N5O2/c1-11-15-5-8-16(11)9-10-17-7-3-12(19)18(13(17)20)6-2-4-14/h3,5,7-8H,2,4,6,9-10,14H2,1H3. The molecule has 2 N–H and O–H groups in total. The van der Waals surface area contributed by atoms with Crippen LogP contribution in [0.1, 0.15) is 12.2 Å². The molecule has 0 bridgehead atoms. The molecule has 0 saturated heterocycles. The van der Waals surface area contributed by atoms with Crippen LogP contribution in [-0.2, 0) is 19.6 Å². The molecule has 0 unspecified atom stereocenters. The summed E-state index contributed by atoms with van der Waals surface area (Å²) in [6, 6.07) is 1.42. The lowest BCUT2D eigenvalue weighted by Crippen LogP contribution is -2.39. The molecule has 0 aliphatic carbocycles. The monoisotopic (exact) mass is 277 g/mol. The molecule has 0 amide bonds. The van der Waals surface area contributed by atoms with E-state index in [1.165, 1.54) is 21.4 Å². The fraction of sp³-hybridized carbons (Fsp3) is 0.462. The molecule has 0 atom stereocenters. The lowest BCUT2D eigenvalue weighted by Gasteiger charge is -2.10. The third-order valence-corrected chi connectivity index (χ3v) is 3.23. The van der Waals surface area contributed by atoms with Gasteiger partial charge in [-0.1, -0.05) is 0 Å². The van der Waals surface area contributed by atoms with Crippen molar-refractivity contribution in [2.24, 2.45) is 5.73 Å². The van der Waals surface area contributed by atoms with E-state index in [1.807, 2.05) is 17.7 Å². The number of hydrogen-bond acceptors (Lipinski definition) is 4. The topological polar surface area (TPSA) is 87.8 Å². The van der Waals surface area contributed by atoms with Gasteiger partial charge in [0.15, 0.2) is 0 Å². The van der Waals surface area contributed by atoms with Gasteiger partial charge in [-0.15, -0.1) is 0 Å². The predicted molar refractivity (Wildman–Crippen MR) is 75.6 cm³/mol. The first-order valence-corrected chi connectivity index (χ1v) is 6.61. The maximum Gasteiger partial charge on any atom is 0.331 e. The molecule has 0 spiro atoms. The molecule has 7 heteroatoms. The lowest BCUT2D eigenvalue weighted by molar-refractivity contribution is 0.500. The molecule has 0 aromatic carbocycles. The number of aryl methyl sites for hydroxylation is 3. The summed E-state index contributed by atoms with van der Waals surface area (Å²) in [4.78, 5) is 28.0. The van der Waals surface area contributed by atoms with Gasteiger partial charge < -0.3 is 10.3 Å². The van der Waals surface area contributed by atoms with Gasteiger partial charge in [-0.3, -0.25) is 13.9 Å². The normalized spacial score (nSPS) is 10.9. The zero-order chi connectivity index (χ0) is 14.5. The fourth-order valence-corrected chi connectivity index (χ4v) is 2.04. The number of rotatable bonds is 6. The number of aromatic nitrogens is 4. The Hall–Kier alpha value is -2.15. The van der Waals surface area contributed by atoms with Crippen molar-refractivity contribution in [3.8, 4) is 0 Å². The smallest absolute Gasteiger partial charge is 0.331 e. The van der Waals surface area contributed by atoms with E-state index >= 15 is 0 Å². The molecule has 0 saturated carbocycles. The van der Waals surface area contributed by atoms with Gasteiger partial charge in [0, 0.05) is 44.3 Å². The molecular formula is C13H19N5O2. The van der Waals surface area contributed by atoms with Crippen molar-refractivity contribution in [1.82, 2.24) is 18.7 Å². The van der Waals surface area contributed by atoms with E-state index < -0.39 is 0 Å². The summed E-state index contributed by atoms with van der Waals surface area (Å²) in [6.07, 6.45) is 5.74. The van der Waals surface area contributed by atoms with Crippen molar-refractivity contribution in [2.75, 3.05) is 6.54 Å². The molecule has 108 valence electrons. The van der Waals surface area contributed by atoms with E-state index in [9.17, 15) is 9.59 Å². The van der Waals surface area contributed by atoms with Crippen LogP contribution in [0.2, 0.25) is 0 Å². The van der Waals surface area contributed by atoms with Gasteiger partial charge in [0.1, 0.15) is 5.82 Å². The minimum atomic E-state index is -0.288. The third kappa shape index (κ3) is 3.05. The van der Waals surface area contributed by atoms with Crippen LogP contribution in [0.4, 0.5) is 0 Å². The Morgan fingerprint density at radius 2 is 1.90 bits per heavy atom. The van der Waals surface area contributed by atoms with Crippen LogP contribution < -0.4 is 17.0 Å². The Morgan fingerprint density at radius 1 is 1.15 bits per heavy atom. The molecule has 2 heterocycles. The van der Waals surface area contributed by atoms with Crippen LogP contribution in [0.3, 0.4) is 0 Å². The maximum absolute atomic E-state index is 12.2. The Balaban J connectivity index is 2.18. The molecule has 0 fully saturated rings. The second kappa shape index (κ2) is 6.33. The molecule has 0 aliphatic rings. The van der Waals surface area contributed by atoms with Gasteiger partial charge >= 0.3 is 5.69 Å². The summed E-state index contributed by atoms with van der Waals surface area (Å²) in [6.45, 7) is 3.86. The minimum absolute atomic E-state index is 0.279. The third-order valence-electron chi connectivity index (χ3n) is 3.23. The Bertz CT molecular complexity index is 683. The summed E-state index contributed by atoms with van der Waals surface area (Å²) >= 11 is 0. The van der Waals surface area contributed by atoms with Crippen molar-refractivity contribution in [3.05, 3.63) is 51.3 Å². The number of hydrogen-bond donors (Lipinski definition) is 1. The second-order valence-corrected chi connectivity index (χ2v) is 4.59. The Labute approximate surface area is 116 Å². The second-order valence-electron chi connectivity index (χ2n) is 4.59. The number of imidazole rings is 1. The average Bonchev–Trinajstić information content (AvgIpc) is 2.83. The molecule has 0 aliphatic heterocycles. The van der Waals surface area contributed by atoms with E-state index in [-0.39, 0.29) is 11.2 Å². The van der Waals surface area contributed by atoms with Crippen LogP contribution in [0, 0.1) is 6.92 Å². The van der Waals surface area contributed by atoms with E-state index in [4.69, 9.17) is 5.73 Å². The van der Waals surface area contributed by atoms with E-state index in [0.717, 1.165) is 5.82 Å². The highest BCUT2D eigenvalue weighted by Crippen LogP contribution is 1.95. The average molecular weight is 277 g/mol. The molecule has 7 nitrogen and oxygen atoms in total. The quantitative estimate of drug-likeness (QED) is 0.775. The maximum atomic E-state index is 12.2. The first-order valence-electron chi connectivity index (χ1n) is 6.61. The molecular weight excluding hydrogens is 258 g/mol. The SMILES string of the molecule is Cc1nccn1CCn1ccc(=O)n(CCCN)c1=O. The highest BCUT2D eigenvalue weighted by Gasteiger charge is 2.05. The predicted octanol–water partition coefficient (Wildman–Crippen LogP) is -0.436. The lowest BCUT2D eigenvalue weighted by atomic mass is 10.4. The van der Waals surface area contributed by atoms with Crippen LogP contribution in [0.15, 0.2) is 34.2 Å². The van der Waals surface area contributed by atoms with Crippen molar-refractivity contribution in [3.63, 3.8) is 0 Å². The summed E-state index contributed by atoms with van der Waals surface area (Å²) in [5.74, 6) is 0.898. The first-order chi connectivity index (χ1) is 9.63. The zero-order valence-corrected chi connectivity index (χ0v) is 11.5. The van der Waals surface area contributed by atoms with Crippen LogP contribution >= 0.6 is 0 Å². The summed E-state index contributed by atoms with van der Waals surface area (Å²) < 4.78 is 4.73. The molecule has 2 aromatic heterocycles. The van der Waals surface area contributed by atoms with Gasteiger partial charge in [0.25, 0.3) is 5.56 Å². The Morgan fingerprint density at radius 3 is 2.55 bits per heavy atom. The number of nitrogens with two attached hydrogens (primary N) is 1. The van der Waals surface area contributed by atoms with Gasteiger partial charge in [-0.2, -0.15) is 0 Å². The Kier molecular flexibility index (Phi) is 4.52. The highest BCUT2D eigenvalue weighted by atomic mass is 16.2. The van der Waals surface area contributed by atoms with Gasteiger partial charge in [-0.05, 0) is 19.9 Å². The van der Waals surface area contributed by atoms with Crippen molar-refractivity contribution in [2.45, 2.75) is 33.0 Å². The van der Waals surface area contributed by atoms with E-state index in [0.29, 0.717) is 32.6 Å². The molecule has 20 heavy (non-hydrogen) atoms. The molecule has 2 rings (SSSR count).